The monoisotopic (exact) mass is 395 g/mol. The van der Waals surface area contributed by atoms with E-state index in [4.69, 9.17) is 4.74 Å². The number of thiazole rings is 1. The normalized spacial score (nSPS) is 17.9. The van der Waals surface area contributed by atoms with Gasteiger partial charge in [-0.2, -0.15) is 0 Å². The number of hydrogen-bond donors (Lipinski definition) is 2. The lowest BCUT2D eigenvalue weighted by atomic mass is 10.1. The molecule has 0 spiro atoms. The summed E-state index contributed by atoms with van der Waals surface area (Å²) in [6.45, 7) is 4.10. The Kier molecular flexibility index (Phi) is 5.42. The lowest BCUT2D eigenvalue weighted by Crippen LogP contribution is -2.43. The van der Waals surface area contributed by atoms with Crippen LogP contribution in [-0.2, 0) is 9.53 Å². The van der Waals surface area contributed by atoms with Crippen molar-refractivity contribution in [2.45, 2.75) is 19.4 Å². The molecule has 23 heavy (non-hydrogen) atoms. The highest BCUT2D eigenvalue weighted by atomic mass is 79.9. The van der Waals surface area contributed by atoms with Crippen LogP contribution in [0.3, 0.4) is 0 Å². The number of ether oxygens (including phenoxy) is 1. The second kappa shape index (κ2) is 7.53. The molecule has 3 rings (SSSR count). The molecular weight excluding hydrogens is 378 g/mol. The highest BCUT2D eigenvalue weighted by Gasteiger charge is 2.18. The van der Waals surface area contributed by atoms with Crippen molar-refractivity contribution >= 4 is 38.3 Å². The van der Waals surface area contributed by atoms with Crippen molar-refractivity contribution in [3.63, 3.8) is 0 Å². The van der Waals surface area contributed by atoms with E-state index in [0.717, 1.165) is 27.2 Å². The van der Waals surface area contributed by atoms with Crippen LogP contribution < -0.4 is 10.6 Å². The molecule has 0 saturated carbocycles. The zero-order valence-corrected chi connectivity index (χ0v) is 15.2. The van der Waals surface area contributed by atoms with Gasteiger partial charge in [0.1, 0.15) is 0 Å². The van der Waals surface area contributed by atoms with Crippen molar-refractivity contribution in [3.05, 3.63) is 33.6 Å². The van der Waals surface area contributed by atoms with Gasteiger partial charge in [-0.1, -0.05) is 28.1 Å². The van der Waals surface area contributed by atoms with Crippen molar-refractivity contribution < 1.29 is 9.53 Å². The first-order valence-electron chi connectivity index (χ1n) is 7.46. The summed E-state index contributed by atoms with van der Waals surface area (Å²) in [5.41, 5.74) is 1.96. The lowest BCUT2D eigenvalue weighted by Gasteiger charge is -2.22. The van der Waals surface area contributed by atoms with Crippen LogP contribution in [0.2, 0.25) is 0 Å². The fourth-order valence-corrected chi connectivity index (χ4v) is 3.59. The zero-order chi connectivity index (χ0) is 16.2. The molecule has 1 aliphatic rings. The number of aryl methyl sites for hydroxylation is 1. The van der Waals surface area contributed by atoms with Crippen LogP contribution in [0.5, 0.6) is 0 Å². The molecule has 2 aromatic rings. The summed E-state index contributed by atoms with van der Waals surface area (Å²) >= 11 is 4.93. The number of amides is 1. The summed E-state index contributed by atoms with van der Waals surface area (Å²) in [7, 11) is 0. The van der Waals surface area contributed by atoms with Gasteiger partial charge in [-0.15, -0.1) is 11.3 Å². The van der Waals surface area contributed by atoms with Gasteiger partial charge in [0, 0.05) is 33.9 Å². The summed E-state index contributed by atoms with van der Waals surface area (Å²) in [6, 6.07) is 8.08. The third-order valence-corrected chi connectivity index (χ3v) is 5.01. The molecule has 1 atom stereocenters. The van der Waals surface area contributed by atoms with Gasteiger partial charge in [-0.05, 0) is 19.1 Å². The Hall–Kier alpha value is -1.28. The minimum absolute atomic E-state index is 0.0379. The molecule has 1 saturated heterocycles. The van der Waals surface area contributed by atoms with Gasteiger partial charge in [0.15, 0.2) is 5.13 Å². The summed E-state index contributed by atoms with van der Waals surface area (Å²) in [5, 5.41) is 6.81. The zero-order valence-electron chi connectivity index (χ0n) is 12.8. The van der Waals surface area contributed by atoms with Crippen molar-refractivity contribution in [3.8, 4) is 11.3 Å². The Morgan fingerprint density at radius 2 is 2.26 bits per heavy atom. The quantitative estimate of drug-likeness (QED) is 0.833. The molecule has 1 unspecified atom stereocenters. The molecule has 2 heterocycles. The highest BCUT2D eigenvalue weighted by molar-refractivity contribution is 9.10. The summed E-state index contributed by atoms with van der Waals surface area (Å²) in [5.74, 6) is -0.0379. The molecule has 5 nitrogen and oxygen atoms in total. The average molecular weight is 396 g/mol. The molecule has 1 aromatic carbocycles. The first-order valence-corrected chi connectivity index (χ1v) is 9.07. The van der Waals surface area contributed by atoms with Gasteiger partial charge in [0.2, 0.25) is 5.91 Å². The molecule has 7 heteroatoms. The Morgan fingerprint density at radius 1 is 1.48 bits per heavy atom. The molecule has 1 aliphatic heterocycles. The molecule has 122 valence electrons. The van der Waals surface area contributed by atoms with Crippen LogP contribution in [0, 0.1) is 6.92 Å². The van der Waals surface area contributed by atoms with Crippen LogP contribution in [0.1, 0.15) is 11.3 Å². The fourth-order valence-electron chi connectivity index (χ4n) is 2.47. The first-order chi connectivity index (χ1) is 11.1. The van der Waals surface area contributed by atoms with E-state index < -0.39 is 0 Å². The van der Waals surface area contributed by atoms with E-state index >= 15 is 0 Å². The molecule has 0 aliphatic carbocycles. The molecule has 1 aromatic heterocycles. The minimum Gasteiger partial charge on any atom is -0.378 e. The topological polar surface area (TPSA) is 63.2 Å². The number of anilines is 1. The highest BCUT2D eigenvalue weighted by Crippen LogP contribution is 2.31. The second-order valence-electron chi connectivity index (χ2n) is 5.41. The Morgan fingerprint density at radius 3 is 2.96 bits per heavy atom. The molecule has 1 fully saturated rings. The van der Waals surface area contributed by atoms with E-state index in [0.29, 0.717) is 24.8 Å². The Balaban J connectivity index is 1.65. The SMILES string of the molecule is Cc1sc(NC(=O)CC2COCCN2)nc1-c1ccc(Br)cc1. The maximum Gasteiger partial charge on any atom is 0.227 e. The number of carbonyl (C=O) groups excluding carboxylic acids is 1. The predicted molar refractivity (Wildman–Crippen MR) is 95.8 cm³/mol. The third kappa shape index (κ3) is 4.38. The van der Waals surface area contributed by atoms with Gasteiger partial charge in [-0.3, -0.25) is 4.79 Å². The van der Waals surface area contributed by atoms with Gasteiger partial charge in [-0.25, -0.2) is 4.98 Å². The van der Waals surface area contributed by atoms with Crippen LogP contribution in [0.4, 0.5) is 5.13 Å². The number of carbonyl (C=O) groups is 1. The Labute approximate surface area is 147 Å². The maximum atomic E-state index is 12.1. The van der Waals surface area contributed by atoms with Crippen molar-refractivity contribution in [1.82, 2.24) is 10.3 Å². The summed E-state index contributed by atoms with van der Waals surface area (Å²) < 4.78 is 6.40. The smallest absolute Gasteiger partial charge is 0.227 e. The van der Waals surface area contributed by atoms with Crippen molar-refractivity contribution in [2.75, 3.05) is 25.1 Å². The van der Waals surface area contributed by atoms with E-state index in [2.05, 4.69) is 31.5 Å². The summed E-state index contributed by atoms with van der Waals surface area (Å²) in [6.07, 6.45) is 0.395. The maximum absolute atomic E-state index is 12.1. The van der Waals surface area contributed by atoms with E-state index in [9.17, 15) is 4.79 Å². The average Bonchev–Trinajstić information content (AvgIpc) is 2.89. The number of morpholine rings is 1. The second-order valence-corrected chi connectivity index (χ2v) is 7.53. The first kappa shape index (κ1) is 16.6. The molecular formula is C16H18BrN3O2S. The fraction of sp³-hybridized carbons (Fsp3) is 0.375. The van der Waals surface area contributed by atoms with Crippen LogP contribution in [0.25, 0.3) is 11.3 Å². The number of benzene rings is 1. The molecule has 0 radical (unpaired) electrons. The van der Waals surface area contributed by atoms with E-state index in [1.807, 2.05) is 31.2 Å². The van der Waals surface area contributed by atoms with Gasteiger partial charge < -0.3 is 15.4 Å². The van der Waals surface area contributed by atoms with E-state index in [1.54, 1.807) is 0 Å². The standard InChI is InChI=1S/C16H18BrN3O2S/c1-10-15(11-2-4-12(17)5-3-11)20-16(23-10)19-14(21)8-13-9-22-7-6-18-13/h2-5,13,18H,6-9H2,1H3,(H,19,20,21). The van der Waals surface area contributed by atoms with Crippen LogP contribution in [-0.4, -0.2) is 36.7 Å². The number of halogens is 1. The predicted octanol–water partition coefficient (Wildman–Crippen LogP) is 3.20. The van der Waals surface area contributed by atoms with Gasteiger partial charge in [0.05, 0.1) is 18.9 Å². The lowest BCUT2D eigenvalue weighted by molar-refractivity contribution is -0.117. The van der Waals surface area contributed by atoms with Crippen LogP contribution in [0.15, 0.2) is 28.7 Å². The Bertz CT molecular complexity index is 681. The number of rotatable bonds is 4. The molecule has 2 N–H and O–H groups in total. The molecule has 1 amide bonds. The minimum atomic E-state index is -0.0379. The van der Waals surface area contributed by atoms with Crippen LogP contribution >= 0.6 is 27.3 Å². The third-order valence-electron chi connectivity index (χ3n) is 3.59. The van der Waals surface area contributed by atoms with Crippen molar-refractivity contribution in [1.29, 1.82) is 0 Å². The van der Waals surface area contributed by atoms with Gasteiger partial charge in [0.25, 0.3) is 0 Å². The largest absolute Gasteiger partial charge is 0.378 e. The summed E-state index contributed by atoms with van der Waals surface area (Å²) in [4.78, 5) is 17.8. The van der Waals surface area contributed by atoms with E-state index in [-0.39, 0.29) is 11.9 Å². The number of aromatic nitrogens is 1. The van der Waals surface area contributed by atoms with Crippen molar-refractivity contribution in [2.24, 2.45) is 0 Å². The number of hydrogen-bond acceptors (Lipinski definition) is 5. The number of nitrogens with one attached hydrogen (secondary N) is 2. The van der Waals surface area contributed by atoms with Gasteiger partial charge >= 0.3 is 0 Å². The molecule has 0 bridgehead atoms. The number of nitrogens with zero attached hydrogens (tertiary/aromatic N) is 1. The van der Waals surface area contributed by atoms with E-state index in [1.165, 1.54) is 11.3 Å².